The Bertz CT molecular complexity index is 593. The van der Waals surface area contributed by atoms with Gasteiger partial charge in [0.2, 0.25) is 0 Å². The summed E-state index contributed by atoms with van der Waals surface area (Å²) in [4.78, 5) is 0. The zero-order valence-corrected chi connectivity index (χ0v) is 13.3. The summed E-state index contributed by atoms with van der Waals surface area (Å²) in [5, 5.41) is 9.93. The molecule has 1 aromatic carbocycles. The number of halogens is 3. The van der Waals surface area contributed by atoms with Crippen LogP contribution in [-0.2, 0) is 5.33 Å². The van der Waals surface area contributed by atoms with Crippen LogP contribution in [0.3, 0.4) is 0 Å². The molecule has 0 amide bonds. The molecular weight excluding hydrogens is 381 g/mol. The van der Waals surface area contributed by atoms with Crippen LogP contribution < -0.4 is 0 Å². The first kappa shape index (κ1) is 12.6. The molecule has 0 bridgehead atoms. The van der Waals surface area contributed by atoms with Crippen molar-refractivity contribution in [1.82, 2.24) is 14.8 Å². The Hall–Kier alpha value is -0.390. The molecule has 18 heavy (non-hydrogen) atoms. The van der Waals surface area contributed by atoms with Crippen LogP contribution in [0.5, 0.6) is 0 Å². The Morgan fingerprint density at radius 2 is 2.11 bits per heavy atom. The van der Waals surface area contributed by atoms with E-state index in [0.29, 0.717) is 16.4 Å². The zero-order valence-electron chi connectivity index (χ0n) is 9.41. The SMILES string of the molecule is Clc1cc(Br)ccc1-c1nnc(CBr)n1C1CC1. The van der Waals surface area contributed by atoms with Crippen molar-refractivity contribution in [3.05, 3.63) is 33.5 Å². The monoisotopic (exact) mass is 389 g/mol. The summed E-state index contributed by atoms with van der Waals surface area (Å²) < 4.78 is 3.17. The molecule has 0 aliphatic heterocycles. The normalized spacial score (nSPS) is 15.1. The van der Waals surface area contributed by atoms with Crippen LogP contribution in [0.4, 0.5) is 0 Å². The Kier molecular flexibility index (Phi) is 3.47. The largest absolute Gasteiger partial charge is 0.307 e. The van der Waals surface area contributed by atoms with Crippen LogP contribution in [0.2, 0.25) is 5.02 Å². The van der Waals surface area contributed by atoms with E-state index < -0.39 is 0 Å². The molecule has 2 aromatic rings. The van der Waals surface area contributed by atoms with Crippen LogP contribution in [-0.4, -0.2) is 14.8 Å². The summed E-state index contributed by atoms with van der Waals surface area (Å²) in [6, 6.07) is 6.37. The third-order valence-electron chi connectivity index (χ3n) is 2.97. The number of nitrogens with zero attached hydrogens (tertiary/aromatic N) is 3. The maximum Gasteiger partial charge on any atom is 0.165 e. The third-order valence-corrected chi connectivity index (χ3v) is 4.28. The lowest BCUT2D eigenvalue weighted by molar-refractivity contribution is 0.714. The van der Waals surface area contributed by atoms with Crippen LogP contribution >= 0.6 is 43.5 Å². The molecule has 0 radical (unpaired) electrons. The second-order valence-corrected chi connectivity index (χ2v) is 6.18. The molecule has 0 saturated heterocycles. The fourth-order valence-corrected chi connectivity index (χ4v) is 3.13. The van der Waals surface area contributed by atoms with Crippen molar-refractivity contribution in [2.24, 2.45) is 0 Å². The van der Waals surface area contributed by atoms with E-state index >= 15 is 0 Å². The standard InChI is InChI=1S/C12H10Br2ClN3/c13-6-11-16-17-12(18(11)8-2-3-8)9-4-1-7(14)5-10(9)15/h1,4-5,8H,2-3,6H2. The van der Waals surface area contributed by atoms with Gasteiger partial charge in [-0.25, -0.2) is 0 Å². The first-order chi connectivity index (χ1) is 8.70. The second-order valence-electron chi connectivity index (χ2n) is 4.30. The molecule has 1 aliphatic carbocycles. The number of hydrogen-bond donors (Lipinski definition) is 0. The molecule has 94 valence electrons. The summed E-state index contributed by atoms with van der Waals surface area (Å²) in [5.74, 6) is 1.83. The van der Waals surface area contributed by atoms with Gasteiger partial charge in [-0.1, -0.05) is 43.5 Å². The van der Waals surface area contributed by atoms with Gasteiger partial charge >= 0.3 is 0 Å². The van der Waals surface area contributed by atoms with E-state index in [2.05, 4.69) is 46.6 Å². The van der Waals surface area contributed by atoms with Crippen molar-refractivity contribution < 1.29 is 0 Å². The number of alkyl halides is 1. The number of benzene rings is 1. The lowest BCUT2D eigenvalue weighted by atomic mass is 10.2. The minimum atomic E-state index is 0.530. The van der Waals surface area contributed by atoms with Crippen LogP contribution in [0.1, 0.15) is 24.7 Å². The topological polar surface area (TPSA) is 30.7 Å². The van der Waals surface area contributed by atoms with E-state index in [1.54, 1.807) is 0 Å². The predicted molar refractivity (Wildman–Crippen MR) is 79.1 cm³/mol. The Morgan fingerprint density at radius 1 is 1.33 bits per heavy atom. The number of aromatic nitrogens is 3. The lowest BCUT2D eigenvalue weighted by Gasteiger charge is -2.09. The summed E-state index contributed by atoms with van der Waals surface area (Å²) in [6.07, 6.45) is 2.39. The lowest BCUT2D eigenvalue weighted by Crippen LogP contribution is -2.02. The van der Waals surface area contributed by atoms with Gasteiger partial charge in [0.05, 0.1) is 10.4 Å². The highest BCUT2D eigenvalue weighted by molar-refractivity contribution is 9.10. The van der Waals surface area contributed by atoms with Gasteiger partial charge in [-0.15, -0.1) is 10.2 Å². The van der Waals surface area contributed by atoms with Gasteiger partial charge in [0.1, 0.15) is 5.82 Å². The van der Waals surface area contributed by atoms with Crippen molar-refractivity contribution in [3.63, 3.8) is 0 Å². The molecule has 6 heteroatoms. The van der Waals surface area contributed by atoms with Crippen LogP contribution in [0.25, 0.3) is 11.4 Å². The Morgan fingerprint density at radius 3 is 2.72 bits per heavy atom. The number of hydrogen-bond acceptors (Lipinski definition) is 2. The molecule has 1 aliphatic rings. The molecule has 0 N–H and O–H groups in total. The molecule has 3 nitrogen and oxygen atoms in total. The highest BCUT2D eigenvalue weighted by atomic mass is 79.9. The van der Waals surface area contributed by atoms with E-state index in [9.17, 15) is 0 Å². The van der Waals surface area contributed by atoms with Crippen LogP contribution in [0.15, 0.2) is 22.7 Å². The summed E-state index contributed by atoms with van der Waals surface area (Å²) in [6.45, 7) is 0. The maximum absolute atomic E-state index is 6.29. The van der Waals surface area contributed by atoms with E-state index in [1.165, 1.54) is 12.8 Å². The molecule has 0 spiro atoms. The van der Waals surface area contributed by atoms with Crippen molar-refractivity contribution in [2.75, 3.05) is 0 Å². The number of rotatable bonds is 3. The highest BCUT2D eigenvalue weighted by Crippen LogP contribution is 2.40. The van der Waals surface area contributed by atoms with Gasteiger partial charge in [-0.05, 0) is 31.0 Å². The molecule has 1 saturated carbocycles. The van der Waals surface area contributed by atoms with Crippen molar-refractivity contribution in [1.29, 1.82) is 0 Å². The summed E-state index contributed by atoms with van der Waals surface area (Å²) in [7, 11) is 0. The first-order valence-corrected chi connectivity index (χ1v) is 7.95. The van der Waals surface area contributed by atoms with E-state index in [0.717, 1.165) is 21.7 Å². The minimum Gasteiger partial charge on any atom is -0.307 e. The average molecular weight is 391 g/mol. The first-order valence-electron chi connectivity index (χ1n) is 5.66. The second kappa shape index (κ2) is 4.94. The fourth-order valence-electron chi connectivity index (χ4n) is 1.99. The van der Waals surface area contributed by atoms with E-state index in [-0.39, 0.29) is 0 Å². The summed E-state index contributed by atoms with van der Waals surface area (Å²) in [5.41, 5.74) is 0.937. The fraction of sp³-hybridized carbons (Fsp3) is 0.333. The molecule has 1 aromatic heterocycles. The Balaban J connectivity index is 2.13. The van der Waals surface area contributed by atoms with Crippen molar-refractivity contribution in [2.45, 2.75) is 24.2 Å². The smallest absolute Gasteiger partial charge is 0.165 e. The van der Waals surface area contributed by atoms with Gasteiger partial charge in [0.15, 0.2) is 5.82 Å². The van der Waals surface area contributed by atoms with Crippen LogP contribution in [0, 0.1) is 0 Å². The average Bonchev–Trinajstić information content (AvgIpc) is 3.09. The van der Waals surface area contributed by atoms with Gasteiger partial charge < -0.3 is 4.57 Å². The molecule has 1 heterocycles. The van der Waals surface area contributed by atoms with Gasteiger partial charge in [0, 0.05) is 16.1 Å². The van der Waals surface area contributed by atoms with Gasteiger partial charge in [-0.2, -0.15) is 0 Å². The molecular formula is C12H10Br2ClN3. The summed E-state index contributed by atoms with van der Waals surface area (Å²) >= 11 is 13.2. The molecule has 3 rings (SSSR count). The van der Waals surface area contributed by atoms with E-state index in [1.807, 2.05) is 18.2 Å². The molecule has 0 unspecified atom stereocenters. The van der Waals surface area contributed by atoms with Gasteiger partial charge in [-0.3, -0.25) is 0 Å². The van der Waals surface area contributed by atoms with Crippen molar-refractivity contribution in [3.8, 4) is 11.4 Å². The van der Waals surface area contributed by atoms with E-state index in [4.69, 9.17) is 11.6 Å². The van der Waals surface area contributed by atoms with Gasteiger partial charge in [0.25, 0.3) is 0 Å². The molecule has 1 fully saturated rings. The zero-order chi connectivity index (χ0) is 12.7. The molecule has 0 atom stereocenters. The minimum absolute atomic E-state index is 0.530. The quantitative estimate of drug-likeness (QED) is 0.717. The van der Waals surface area contributed by atoms with Crippen molar-refractivity contribution >= 4 is 43.5 Å². The Labute approximate surface area is 127 Å². The third kappa shape index (κ3) is 2.24. The predicted octanol–water partition coefficient (Wildman–Crippen LogP) is 4.59. The maximum atomic E-state index is 6.29. The highest BCUT2D eigenvalue weighted by Gasteiger charge is 2.30.